The van der Waals surface area contributed by atoms with Gasteiger partial charge < -0.3 is 4.48 Å². The van der Waals surface area contributed by atoms with E-state index in [1.807, 2.05) is 18.1 Å². The average Bonchev–Trinajstić information content (AvgIpc) is 2.00. The SMILES string of the molecule is CC(C)(C)[Si](C)(C)N1B(Cl)C=CC=C1S. The molecule has 0 atom stereocenters. The lowest BCUT2D eigenvalue weighted by atomic mass is 9.90. The first-order valence-corrected chi connectivity index (χ1v) is 9.02. The van der Waals surface area contributed by atoms with Gasteiger partial charge in [-0.05, 0) is 11.1 Å². The van der Waals surface area contributed by atoms with Crippen LogP contribution in [-0.2, 0) is 0 Å². The maximum atomic E-state index is 6.35. The fourth-order valence-electron chi connectivity index (χ4n) is 1.48. The van der Waals surface area contributed by atoms with Gasteiger partial charge in [0, 0.05) is 5.03 Å². The van der Waals surface area contributed by atoms with E-state index in [1.54, 1.807) is 0 Å². The van der Waals surface area contributed by atoms with Crippen molar-refractivity contribution in [2.24, 2.45) is 0 Å². The van der Waals surface area contributed by atoms with Gasteiger partial charge in [-0.3, -0.25) is 0 Å². The van der Waals surface area contributed by atoms with E-state index in [-0.39, 0.29) is 11.3 Å². The number of hydrogen-bond acceptors (Lipinski definition) is 2. The van der Waals surface area contributed by atoms with E-state index in [9.17, 15) is 0 Å². The summed E-state index contributed by atoms with van der Waals surface area (Å²) >= 11 is 10.9. The Labute approximate surface area is 105 Å². The topological polar surface area (TPSA) is 3.24 Å². The van der Waals surface area contributed by atoms with Gasteiger partial charge in [-0.25, -0.2) is 0 Å². The summed E-state index contributed by atoms with van der Waals surface area (Å²) < 4.78 is 2.29. The zero-order valence-corrected chi connectivity index (χ0v) is 12.7. The summed E-state index contributed by atoms with van der Waals surface area (Å²) in [6.07, 6.45) is 3.94. The fourth-order valence-corrected chi connectivity index (χ4v) is 5.50. The first-order valence-electron chi connectivity index (χ1n) is 5.19. The molecule has 0 bridgehead atoms. The molecule has 15 heavy (non-hydrogen) atoms. The summed E-state index contributed by atoms with van der Waals surface area (Å²) in [5, 5.41) is 1.26. The van der Waals surface area contributed by atoms with Gasteiger partial charge in [-0.15, -0.1) is 12.6 Å². The summed E-state index contributed by atoms with van der Waals surface area (Å²) in [5.74, 6) is 2.02. The van der Waals surface area contributed by atoms with Crippen molar-refractivity contribution in [1.29, 1.82) is 0 Å². The van der Waals surface area contributed by atoms with E-state index in [2.05, 4.69) is 51.0 Å². The average molecular weight is 260 g/mol. The van der Waals surface area contributed by atoms with E-state index in [0.29, 0.717) is 0 Å². The molecule has 1 aliphatic heterocycles. The zero-order valence-electron chi connectivity index (χ0n) is 10.1. The highest BCUT2D eigenvalue weighted by Gasteiger charge is 2.44. The van der Waals surface area contributed by atoms with Crippen LogP contribution in [0.15, 0.2) is 23.2 Å². The van der Waals surface area contributed by atoms with Crippen molar-refractivity contribution < 1.29 is 0 Å². The minimum absolute atomic E-state index is 0.0524. The lowest BCUT2D eigenvalue weighted by Gasteiger charge is -2.49. The summed E-state index contributed by atoms with van der Waals surface area (Å²) in [5.41, 5.74) is 0. The second kappa shape index (κ2) is 4.23. The predicted molar refractivity (Wildman–Crippen MR) is 76.9 cm³/mol. The Morgan fingerprint density at radius 2 is 1.93 bits per heavy atom. The van der Waals surface area contributed by atoms with Crippen LogP contribution in [0, 0.1) is 0 Å². The first kappa shape index (κ1) is 13.3. The summed E-state index contributed by atoms with van der Waals surface area (Å²) in [4.78, 5) is 0. The van der Waals surface area contributed by atoms with Crippen LogP contribution >= 0.6 is 24.1 Å². The molecular formula is C10H19BClNSSi. The molecule has 5 heteroatoms. The molecule has 0 saturated carbocycles. The summed E-state index contributed by atoms with van der Waals surface area (Å²) in [6.45, 7) is 11.5. The smallest absolute Gasteiger partial charge is 0.380 e. The first-order chi connectivity index (χ1) is 6.68. The van der Waals surface area contributed by atoms with Crippen LogP contribution in [0.5, 0.6) is 0 Å². The minimum Gasteiger partial charge on any atom is -0.420 e. The van der Waals surface area contributed by atoms with Crippen molar-refractivity contribution >= 4 is 38.6 Å². The summed E-state index contributed by atoms with van der Waals surface area (Å²) in [6, 6.07) is 0. The molecular weight excluding hydrogens is 241 g/mol. The van der Waals surface area contributed by atoms with Crippen molar-refractivity contribution in [3.63, 3.8) is 0 Å². The second-order valence-corrected chi connectivity index (χ2v) is 11.5. The molecule has 0 fully saturated rings. The largest absolute Gasteiger partial charge is 0.420 e. The van der Waals surface area contributed by atoms with Crippen LogP contribution in [0.1, 0.15) is 20.8 Å². The number of hydrogen-bond donors (Lipinski definition) is 1. The molecule has 0 aromatic heterocycles. The molecule has 1 heterocycles. The van der Waals surface area contributed by atoms with Gasteiger partial charge in [0.05, 0.1) is 0 Å². The van der Waals surface area contributed by atoms with Crippen LogP contribution in [0.25, 0.3) is 0 Å². The van der Waals surface area contributed by atoms with Gasteiger partial charge in [0.25, 0.3) is 0 Å². The molecule has 0 amide bonds. The summed E-state index contributed by atoms with van der Waals surface area (Å²) in [7, 11) is -1.62. The zero-order chi connectivity index (χ0) is 11.9. The van der Waals surface area contributed by atoms with Gasteiger partial charge in [0.15, 0.2) is 0 Å². The third kappa shape index (κ3) is 2.48. The molecule has 0 N–H and O–H groups in total. The van der Waals surface area contributed by atoms with Gasteiger partial charge in [0.2, 0.25) is 0 Å². The lowest BCUT2D eigenvalue weighted by molar-refractivity contribution is 0.651. The van der Waals surface area contributed by atoms with Crippen molar-refractivity contribution in [3.8, 4) is 0 Å². The van der Waals surface area contributed by atoms with Crippen LogP contribution < -0.4 is 0 Å². The number of allylic oxidation sites excluding steroid dienone is 2. The van der Waals surface area contributed by atoms with Crippen LogP contribution in [-0.4, -0.2) is 19.0 Å². The van der Waals surface area contributed by atoms with Crippen LogP contribution in [0.2, 0.25) is 18.1 Å². The number of halogens is 1. The second-order valence-electron chi connectivity index (χ2n) is 5.46. The Balaban J connectivity index is 3.07. The molecule has 84 valence electrons. The predicted octanol–water partition coefficient (Wildman–Crippen LogP) is 3.90. The Morgan fingerprint density at radius 1 is 1.40 bits per heavy atom. The molecule has 0 aromatic rings. The molecule has 1 nitrogen and oxygen atoms in total. The molecule has 1 rings (SSSR count). The van der Waals surface area contributed by atoms with E-state index >= 15 is 0 Å². The third-order valence-corrected chi connectivity index (χ3v) is 9.90. The van der Waals surface area contributed by atoms with Crippen molar-refractivity contribution in [2.75, 3.05) is 0 Å². The van der Waals surface area contributed by atoms with Gasteiger partial charge in [-0.1, -0.05) is 45.9 Å². The molecule has 1 aliphatic rings. The standard InChI is InChI=1S/C10H19BClNSSi/c1-10(2,3)15(4,5)13-9(14)7-6-8-11(13)12/h6-8,14H,1-5H3. The highest BCUT2D eigenvalue weighted by molar-refractivity contribution is 7.84. The lowest BCUT2D eigenvalue weighted by Crippen LogP contribution is -2.58. The number of thiol groups is 1. The molecule has 0 radical (unpaired) electrons. The Bertz CT molecular complexity index is 309. The van der Waals surface area contributed by atoms with Crippen molar-refractivity contribution in [2.45, 2.75) is 38.9 Å². The van der Waals surface area contributed by atoms with E-state index in [1.165, 1.54) is 0 Å². The van der Waals surface area contributed by atoms with Gasteiger partial charge in [0.1, 0.15) is 8.24 Å². The Morgan fingerprint density at radius 3 is 2.33 bits per heavy atom. The van der Waals surface area contributed by atoms with Crippen molar-refractivity contribution in [1.82, 2.24) is 4.48 Å². The Kier molecular flexibility index (Phi) is 3.74. The molecule has 0 aliphatic carbocycles. The maximum Gasteiger partial charge on any atom is 0.380 e. The third-order valence-electron chi connectivity index (χ3n) is 3.45. The van der Waals surface area contributed by atoms with Crippen LogP contribution in [0.3, 0.4) is 0 Å². The normalized spacial score (nSPS) is 18.2. The highest BCUT2D eigenvalue weighted by Crippen LogP contribution is 2.42. The number of rotatable bonds is 1. The van der Waals surface area contributed by atoms with Gasteiger partial charge >= 0.3 is 6.26 Å². The molecule has 0 aromatic carbocycles. The van der Waals surface area contributed by atoms with E-state index in [4.69, 9.17) is 11.5 Å². The highest BCUT2D eigenvalue weighted by atomic mass is 35.5. The monoisotopic (exact) mass is 259 g/mol. The Hall–Kier alpha value is 0.202. The number of nitrogens with zero attached hydrogens (tertiary/aromatic N) is 1. The fraction of sp³-hybridized carbons (Fsp3) is 0.600. The van der Waals surface area contributed by atoms with E-state index < -0.39 is 8.24 Å². The van der Waals surface area contributed by atoms with E-state index in [0.717, 1.165) is 5.03 Å². The molecule has 0 spiro atoms. The van der Waals surface area contributed by atoms with Crippen molar-refractivity contribution in [3.05, 3.63) is 23.2 Å². The maximum absolute atomic E-state index is 6.35. The molecule has 0 saturated heterocycles. The quantitative estimate of drug-likeness (QED) is 0.552. The van der Waals surface area contributed by atoms with Crippen LogP contribution in [0.4, 0.5) is 0 Å². The molecule has 0 unspecified atom stereocenters. The van der Waals surface area contributed by atoms with Gasteiger partial charge in [-0.2, -0.15) is 11.5 Å². The minimum atomic E-state index is -1.62.